The molecule has 0 bridgehead atoms. The first-order chi connectivity index (χ1) is 20.1. The highest BCUT2D eigenvalue weighted by atomic mass is 31.1. The fourth-order valence-electron chi connectivity index (χ4n) is 11.4. The van der Waals surface area contributed by atoms with Crippen molar-refractivity contribution < 1.29 is 4.79 Å². The number of allylic oxidation sites excluding steroid dienone is 2. The van der Waals surface area contributed by atoms with Gasteiger partial charge in [0, 0.05) is 12.8 Å². The lowest BCUT2D eigenvalue weighted by Crippen LogP contribution is -2.50. The van der Waals surface area contributed by atoms with Crippen molar-refractivity contribution in [3.8, 4) is 0 Å². The number of hydrogen-bond acceptors (Lipinski definition) is 1. The predicted molar refractivity (Wildman–Crippen MR) is 187 cm³/mol. The number of carbonyl (C=O) groups is 1. The summed E-state index contributed by atoms with van der Waals surface area (Å²) in [6.07, 6.45) is 27.7. The maximum Gasteiger partial charge on any atom is 0.133 e. The minimum Gasteiger partial charge on any atom is -0.300 e. The Morgan fingerprint density at radius 3 is 2.33 bits per heavy atom. The highest BCUT2D eigenvalue weighted by Crippen LogP contribution is 2.67. The lowest BCUT2D eigenvalue weighted by Gasteiger charge is -2.58. The van der Waals surface area contributed by atoms with Gasteiger partial charge in [0.15, 0.2) is 0 Å². The van der Waals surface area contributed by atoms with Crippen LogP contribution in [0.2, 0.25) is 0 Å². The number of carbonyl (C=O) groups excluding carboxylic acids is 1. The molecule has 8 unspecified atom stereocenters. The third kappa shape index (κ3) is 7.61. The molecule has 3 fully saturated rings. The zero-order valence-electron chi connectivity index (χ0n) is 29.5. The Kier molecular flexibility index (Phi) is 12.7. The Hall–Kier alpha value is -0.160. The summed E-state index contributed by atoms with van der Waals surface area (Å²) in [6, 6.07) is 0. The number of ketones is 1. The average Bonchev–Trinajstić information content (AvgIpc) is 3.31. The van der Waals surface area contributed by atoms with E-state index in [0.29, 0.717) is 22.5 Å². The van der Waals surface area contributed by atoms with Gasteiger partial charge in [0.05, 0.1) is 0 Å². The first-order valence-corrected chi connectivity index (χ1v) is 20.8. The fourth-order valence-corrected chi connectivity index (χ4v) is 14.4. The van der Waals surface area contributed by atoms with Crippen LogP contribution >= 0.6 is 7.92 Å². The van der Waals surface area contributed by atoms with Crippen LogP contribution in [0.25, 0.3) is 0 Å². The zero-order valence-corrected chi connectivity index (χ0v) is 30.4. The van der Waals surface area contributed by atoms with Gasteiger partial charge in [-0.3, -0.25) is 4.79 Å². The molecule has 0 aromatic carbocycles. The molecular weight excluding hydrogens is 527 g/mol. The van der Waals surface area contributed by atoms with E-state index < -0.39 is 0 Å². The smallest absolute Gasteiger partial charge is 0.133 e. The van der Waals surface area contributed by atoms with Crippen LogP contribution in [0.3, 0.4) is 0 Å². The molecule has 4 aliphatic rings. The van der Waals surface area contributed by atoms with E-state index in [0.717, 1.165) is 54.0 Å². The Morgan fingerprint density at radius 2 is 1.67 bits per heavy atom. The first kappa shape index (κ1) is 34.7. The molecule has 42 heavy (non-hydrogen) atoms. The van der Waals surface area contributed by atoms with Gasteiger partial charge in [-0.15, -0.1) is 7.92 Å². The SMILES string of the molecule is CCCC(CCC)P(CC)CCC(=O)CC1CCC2(C)C(=CCC3C2CCC2(C)C3CCC2[C@H](C)CCCC(C)C)C1. The molecule has 4 aliphatic carbocycles. The topological polar surface area (TPSA) is 17.1 Å². The molecule has 0 aromatic heterocycles. The summed E-state index contributed by atoms with van der Waals surface area (Å²) in [6.45, 7) is 19.8. The van der Waals surface area contributed by atoms with Gasteiger partial charge in [-0.05, 0) is 134 Å². The molecule has 4 rings (SSSR count). The van der Waals surface area contributed by atoms with Crippen molar-refractivity contribution in [2.75, 3.05) is 12.3 Å². The zero-order chi connectivity index (χ0) is 30.5. The van der Waals surface area contributed by atoms with Crippen molar-refractivity contribution in [2.45, 2.75) is 170 Å². The van der Waals surface area contributed by atoms with E-state index in [4.69, 9.17) is 0 Å². The highest BCUT2D eigenvalue weighted by molar-refractivity contribution is 7.58. The van der Waals surface area contributed by atoms with Gasteiger partial charge >= 0.3 is 0 Å². The predicted octanol–water partition coefficient (Wildman–Crippen LogP) is 12.5. The molecule has 0 aromatic rings. The van der Waals surface area contributed by atoms with E-state index >= 15 is 0 Å². The third-order valence-electron chi connectivity index (χ3n) is 13.8. The standard InChI is InChI=1S/C40H71OP/c1-9-13-34(14-10-2)42(11-3)26-23-33(41)28-31-21-24-39(7)32(27-31)17-18-35-37-20-19-36(30(6)16-12-15-29(4)5)40(37,8)25-22-38(35)39/h17,29-31,34-38H,9-16,18-28H2,1-8H3/t30-,31?,35?,36?,37?,38?,39?,40?,42?/m1/s1. The molecule has 0 spiro atoms. The first-order valence-electron chi connectivity index (χ1n) is 19.0. The molecule has 1 nitrogen and oxygen atoms in total. The lowest BCUT2D eigenvalue weighted by atomic mass is 9.46. The van der Waals surface area contributed by atoms with Crippen molar-refractivity contribution >= 4 is 13.7 Å². The minimum absolute atomic E-state index is 0.0260. The van der Waals surface area contributed by atoms with Gasteiger partial charge in [0.25, 0.3) is 0 Å². The van der Waals surface area contributed by atoms with E-state index in [1.54, 1.807) is 5.57 Å². The van der Waals surface area contributed by atoms with E-state index in [2.05, 4.69) is 61.5 Å². The molecule has 0 saturated heterocycles. The Balaban J connectivity index is 1.33. The number of hydrogen-bond donors (Lipinski definition) is 0. The van der Waals surface area contributed by atoms with Gasteiger partial charge < -0.3 is 0 Å². The second-order valence-corrected chi connectivity index (χ2v) is 19.7. The molecule has 2 heteroatoms. The molecule has 9 atom stereocenters. The van der Waals surface area contributed by atoms with Crippen LogP contribution in [0.5, 0.6) is 0 Å². The highest BCUT2D eigenvalue weighted by Gasteiger charge is 2.59. The van der Waals surface area contributed by atoms with Crippen LogP contribution in [0, 0.1) is 52.3 Å². The summed E-state index contributed by atoms with van der Waals surface area (Å²) in [4.78, 5) is 13.3. The second kappa shape index (κ2) is 15.4. The maximum atomic E-state index is 13.3. The monoisotopic (exact) mass is 599 g/mol. The Labute approximate surface area is 264 Å². The van der Waals surface area contributed by atoms with Crippen molar-refractivity contribution in [1.29, 1.82) is 0 Å². The quantitative estimate of drug-likeness (QED) is 0.128. The van der Waals surface area contributed by atoms with Crippen LogP contribution in [-0.2, 0) is 4.79 Å². The van der Waals surface area contributed by atoms with Crippen molar-refractivity contribution in [1.82, 2.24) is 0 Å². The molecule has 0 N–H and O–H groups in total. The van der Waals surface area contributed by atoms with Crippen molar-refractivity contribution in [3.05, 3.63) is 11.6 Å². The summed E-state index contributed by atoms with van der Waals surface area (Å²) in [5, 5.41) is 0. The van der Waals surface area contributed by atoms with Gasteiger partial charge in [-0.1, -0.05) is 99.1 Å². The fraction of sp³-hybridized carbons (Fsp3) is 0.925. The normalized spacial score (nSPS) is 35.9. The van der Waals surface area contributed by atoms with Crippen LogP contribution in [0.1, 0.15) is 165 Å². The molecule has 0 heterocycles. The number of rotatable bonds is 16. The summed E-state index contributed by atoms with van der Waals surface area (Å²) in [5.41, 5.74) is 3.66. The number of fused-ring (bicyclic) bond motifs is 5. The van der Waals surface area contributed by atoms with Gasteiger partial charge in [-0.25, -0.2) is 0 Å². The van der Waals surface area contributed by atoms with Gasteiger partial charge in [0.1, 0.15) is 5.78 Å². The van der Waals surface area contributed by atoms with E-state index in [1.807, 2.05) is 0 Å². The summed E-state index contributed by atoms with van der Waals surface area (Å²) >= 11 is 0. The van der Waals surface area contributed by atoms with Crippen LogP contribution in [-0.4, -0.2) is 23.8 Å². The molecule has 0 radical (unpaired) electrons. The summed E-state index contributed by atoms with van der Waals surface area (Å²) in [7, 11) is 0.0260. The lowest BCUT2D eigenvalue weighted by molar-refractivity contribution is -0.120. The van der Waals surface area contributed by atoms with Gasteiger partial charge in [0.2, 0.25) is 0 Å². The minimum atomic E-state index is 0.0260. The molecule has 0 aliphatic heterocycles. The van der Waals surface area contributed by atoms with Crippen LogP contribution in [0.15, 0.2) is 11.6 Å². The van der Waals surface area contributed by atoms with E-state index in [1.165, 1.54) is 109 Å². The summed E-state index contributed by atoms with van der Waals surface area (Å²) < 4.78 is 0. The largest absolute Gasteiger partial charge is 0.300 e. The van der Waals surface area contributed by atoms with E-state index in [-0.39, 0.29) is 7.92 Å². The van der Waals surface area contributed by atoms with Crippen molar-refractivity contribution in [3.63, 3.8) is 0 Å². The maximum absolute atomic E-state index is 13.3. The second-order valence-electron chi connectivity index (χ2n) is 16.8. The van der Waals surface area contributed by atoms with Crippen molar-refractivity contribution in [2.24, 2.45) is 52.3 Å². The molecule has 0 amide bonds. The van der Waals surface area contributed by atoms with Crippen LogP contribution < -0.4 is 0 Å². The van der Waals surface area contributed by atoms with E-state index in [9.17, 15) is 4.79 Å². The molecule has 242 valence electrons. The molecule has 3 saturated carbocycles. The molecular formula is C40H71OP. The average molecular weight is 599 g/mol. The Bertz CT molecular complexity index is 884. The third-order valence-corrected chi connectivity index (χ3v) is 16.9. The Morgan fingerprint density at radius 1 is 0.929 bits per heavy atom. The van der Waals surface area contributed by atoms with Crippen LogP contribution in [0.4, 0.5) is 0 Å². The number of Topliss-reactive ketones (excluding diaryl/α,β-unsaturated/α-hetero) is 1. The van der Waals surface area contributed by atoms with Gasteiger partial charge in [-0.2, -0.15) is 0 Å². The summed E-state index contributed by atoms with van der Waals surface area (Å²) in [5.74, 6) is 6.63.